The molecule has 0 aliphatic carbocycles. The van der Waals surface area contributed by atoms with E-state index >= 15 is 0 Å². The first-order valence-corrected chi connectivity index (χ1v) is 8.14. The third-order valence-electron chi connectivity index (χ3n) is 3.97. The molecular weight excluding hydrogens is 318 g/mol. The molecule has 2 aromatic heterocycles. The molecule has 0 radical (unpaired) electrons. The Kier molecular flexibility index (Phi) is 4.83. The summed E-state index contributed by atoms with van der Waals surface area (Å²) in [6, 6.07) is 7.71. The summed E-state index contributed by atoms with van der Waals surface area (Å²) in [4.78, 5) is 20.9. The maximum absolute atomic E-state index is 12.6. The molecule has 0 atom stereocenters. The minimum absolute atomic E-state index is 0.163. The second kappa shape index (κ2) is 7.21. The summed E-state index contributed by atoms with van der Waals surface area (Å²) in [5.41, 5.74) is 8.05. The van der Waals surface area contributed by atoms with E-state index in [9.17, 15) is 4.79 Å². The first kappa shape index (κ1) is 16.8. The number of hydrogen-bond acceptors (Lipinski definition) is 5. The highest BCUT2D eigenvalue weighted by atomic mass is 16.5. The third kappa shape index (κ3) is 3.40. The van der Waals surface area contributed by atoms with E-state index in [1.807, 2.05) is 42.0 Å². The Bertz CT molecular complexity index is 886. The number of benzene rings is 1. The molecule has 0 saturated carbocycles. The van der Waals surface area contributed by atoms with Crippen molar-refractivity contribution in [2.45, 2.75) is 19.9 Å². The van der Waals surface area contributed by atoms with Gasteiger partial charge < -0.3 is 20.4 Å². The molecule has 3 N–H and O–H groups in total. The summed E-state index contributed by atoms with van der Waals surface area (Å²) in [6.45, 7) is 3.14. The van der Waals surface area contributed by atoms with E-state index in [0.29, 0.717) is 35.5 Å². The molecule has 3 rings (SSSR count). The minimum atomic E-state index is -0.163. The predicted octanol–water partition coefficient (Wildman–Crippen LogP) is 2.21. The topological polar surface area (TPSA) is 95.1 Å². The first-order valence-electron chi connectivity index (χ1n) is 8.14. The Balaban J connectivity index is 2.02. The minimum Gasteiger partial charge on any atom is -0.497 e. The van der Waals surface area contributed by atoms with Crippen LogP contribution in [0, 0.1) is 0 Å². The normalized spacial score (nSPS) is 10.8. The van der Waals surface area contributed by atoms with Crippen LogP contribution in [0.15, 0.2) is 36.8 Å². The van der Waals surface area contributed by atoms with E-state index in [1.165, 1.54) is 6.33 Å². The average Bonchev–Trinajstić information content (AvgIpc) is 3.00. The number of nitrogens with one attached hydrogen (secondary N) is 1. The van der Waals surface area contributed by atoms with E-state index < -0.39 is 0 Å². The van der Waals surface area contributed by atoms with Gasteiger partial charge in [0.1, 0.15) is 29.1 Å². The highest BCUT2D eigenvalue weighted by Gasteiger charge is 2.19. The summed E-state index contributed by atoms with van der Waals surface area (Å²) in [5.74, 6) is 0.990. The SMILES string of the molecule is CCCNC(=O)c1c2ncnc(N)c2cn1Cc1ccc(OC)cc1. The molecule has 25 heavy (non-hydrogen) atoms. The molecule has 3 aromatic rings. The van der Waals surface area contributed by atoms with Gasteiger partial charge in [0.15, 0.2) is 0 Å². The lowest BCUT2D eigenvalue weighted by Crippen LogP contribution is -2.27. The molecule has 0 spiro atoms. The van der Waals surface area contributed by atoms with Crippen LogP contribution < -0.4 is 15.8 Å². The quantitative estimate of drug-likeness (QED) is 0.718. The van der Waals surface area contributed by atoms with Gasteiger partial charge in [-0.1, -0.05) is 19.1 Å². The molecule has 7 heteroatoms. The van der Waals surface area contributed by atoms with Gasteiger partial charge >= 0.3 is 0 Å². The van der Waals surface area contributed by atoms with Crippen LogP contribution in [0.3, 0.4) is 0 Å². The Morgan fingerprint density at radius 1 is 1.28 bits per heavy atom. The fourth-order valence-corrected chi connectivity index (χ4v) is 2.69. The van der Waals surface area contributed by atoms with Crippen molar-refractivity contribution in [1.82, 2.24) is 19.9 Å². The molecule has 2 heterocycles. The lowest BCUT2D eigenvalue weighted by atomic mass is 10.2. The molecule has 0 bridgehead atoms. The zero-order valence-electron chi connectivity index (χ0n) is 14.3. The number of aromatic nitrogens is 3. The monoisotopic (exact) mass is 339 g/mol. The van der Waals surface area contributed by atoms with Gasteiger partial charge in [0.25, 0.3) is 5.91 Å². The number of nitrogens with two attached hydrogens (primary N) is 1. The fraction of sp³-hybridized carbons (Fsp3) is 0.278. The fourth-order valence-electron chi connectivity index (χ4n) is 2.69. The van der Waals surface area contributed by atoms with Crippen LogP contribution >= 0.6 is 0 Å². The standard InChI is InChI=1S/C18H21N5O2/c1-3-8-20-18(24)16-15-14(17(19)22-11-21-15)10-23(16)9-12-4-6-13(25-2)7-5-12/h4-7,10-11H,3,8-9H2,1-2H3,(H,20,24)(H2,19,21,22). The predicted molar refractivity (Wildman–Crippen MR) is 96.7 cm³/mol. The molecule has 0 saturated heterocycles. The number of fused-ring (bicyclic) bond motifs is 1. The summed E-state index contributed by atoms with van der Waals surface area (Å²) < 4.78 is 7.05. The molecule has 0 fully saturated rings. The van der Waals surface area contributed by atoms with Gasteiger partial charge in [0.2, 0.25) is 0 Å². The van der Waals surface area contributed by atoms with Crippen LogP contribution in [0.25, 0.3) is 10.9 Å². The van der Waals surface area contributed by atoms with Gasteiger partial charge in [-0.2, -0.15) is 0 Å². The van der Waals surface area contributed by atoms with Crippen molar-refractivity contribution >= 4 is 22.6 Å². The molecule has 1 aromatic carbocycles. The van der Waals surface area contributed by atoms with E-state index in [4.69, 9.17) is 10.5 Å². The van der Waals surface area contributed by atoms with Gasteiger partial charge in [-0.15, -0.1) is 0 Å². The molecule has 130 valence electrons. The van der Waals surface area contributed by atoms with Crippen LogP contribution in [0.2, 0.25) is 0 Å². The van der Waals surface area contributed by atoms with Crippen LogP contribution in [0.4, 0.5) is 5.82 Å². The lowest BCUT2D eigenvalue weighted by molar-refractivity contribution is 0.0946. The summed E-state index contributed by atoms with van der Waals surface area (Å²) in [5, 5.41) is 3.59. The van der Waals surface area contributed by atoms with E-state index in [0.717, 1.165) is 17.7 Å². The van der Waals surface area contributed by atoms with Crippen molar-refractivity contribution < 1.29 is 9.53 Å². The number of methoxy groups -OCH3 is 1. The van der Waals surface area contributed by atoms with Gasteiger partial charge in [0.05, 0.1) is 12.5 Å². The molecule has 7 nitrogen and oxygen atoms in total. The number of amides is 1. The molecule has 1 amide bonds. The van der Waals surface area contributed by atoms with Crippen LogP contribution in [0.5, 0.6) is 5.75 Å². The van der Waals surface area contributed by atoms with E-state index in [1.54, 1.807) is 7.11 Å². The van der Waals surface area contributed by atoms with Crippen molar-refractivity contribution in [2.24, 2.45) is 0 Å². The second-order valence-corrected chi connectivity index (χ2v) is 5.73. The maximum Gasteiger partial charge on any atom is 0.270 e. The van der Waals surface area contributed by atoms with E-state index in [-0.39, 0.29) is 5.91 Å². The van der Waals surface area contributed by atoms with Gasteiger partial charge in [0, 0.05) is 19.3 Å². The Hall–Kier alpha value is -3.09. The van der Waals surface area contributed by atoms with Gasteiger partial charge in [-0.05, 0) is 24.1 Å². The lowest BCUT2D eigenvalue weighted by Gasteiger charge is -2.10. The molecule has 0 unspecified atom stereocenters. The molecular formula is C18H21N5O2. The third-order valence-corrected chi connectivity index (χ3v) is 3.97. The molecule has 0 aliphatic heterocycles. The van der Waals surface area contributed by atoms with Crippen molar-refractivity contribution in [3.63, 3.8) is 0 Å². The zero-order valence-corrected chi connectivity index (χ0v) is 14.3. The maximum atomic E-state index is 12.6. The van der Waals surface area contributed by atoms with Crippen molar-refractivity contribution in [1.29, 1.82) is 0 Å². The largest absolute Gasteiger partial charge is 0.497 e. The number of anilines is 1. The second-order valence-electron chi connectivity index (χ2n) is 5.73. The highest BCUT2D eigenvalue weighted by molar-refractivity contribution is 6.06. The van der Waals surface area contributed by atoms with E-state index in [2.05, 4.69) is 15.3 Å². The Morgan fingerprint density at radius 3 is 2.72 bits per heavy atom. The van der Waals surface area contributed by atoms with Gasteiger partial charge in [-0.3, -0.25) is 4.79 Å². The van der Waals surface area contributed by atoms with Crippen LogP contribution in [0.1, 0.15) is 29.4 Å². The van der Waals surface area contributed by atoms with Crippen LogP contribution in [-0.4, -0.2) is 34.1 Å². The van der Waals surface area contributed by atoms with Crippen molar-refractivity contribution in [3.05, 3.63) is 48.0 Å². The average molecular weight is 339 g/mol. The van der Waals surface area contributed by atoms with Crippen molar-refractivity contribution in [2.75, 3.05) is 19.4 Å². The summed E-state index contributed by atoms with van der Waals surface area (Å²) in [6.07, 6.45) is 4.07. The Morgan fingerprint density at radius 2 is 2.04 bits per heavy atom. The number of rotatable bonds is 6. The number of nitrogen functional groups attached to an aromatic ring is 1. The smallest absolute Gasteiger partial charge is 0.270 e. The zero-order chi connectivity index (χ0) is 17.8. The van der Waals surface area contributed by atoms with Crippen LogP contribution in [-0.2, 0) is 6.54 Å². The first-order chi connectivity index (χ1) is 12.1. The Labute approximate surface area is 145 Å². The number of carbonyl (C=O) groups excluding carboxylic acids is 1. The molecule has 0 aliphatic rings. The summed E-state index contributed by atoms with van der Waals surface area (Å²) >= 11 is 0. The number of carbonyl (C=O) groups is 1. The van der Waals surface area contributed by atoms with Crippen molar-refractivity contribution in [3.8, 4) is 5.75 Å². The summed E-state index contributed by atoms with van der Waals surface area (Å²) in [7, 11) is 1.63. The number of nitrogens with zero attached hydrogens (tertiary/aromatic N) is 3. The number of ether oxygens (including phenoxy) is 1. The number of hydrogen-bond donors (Lipinski definition) is 2. The van der Waals surface area contributed by atoms with Gasteiger partial charge in [-0.25, -0.2) is 9.97 Å². The highest BCUT2D eigenvalue weighted by Crippen LogP contribution is 2.24.